The van der Waals surface area contributed by atoms with E-state index in [0.717, 1.165) is 21.1 Å². The molecule has 7 heteroatoms. The molecular formula is C16H13Cl2N3OS. The predicted octanol–water partition coefficient (Wildman–Crippen LogP) is 4.68. The van der Waals surface area contributed by atoms with Gasteiger partial charge >= 0.3 is 0 Å². The van der Waals surface area contributed by atoms with E-state index in [1.54, 1.807) is 23.6 Å². The highest BCUT2D eigenvalue weighted by Gasteiger charge is 2.12. The van der Waals surface area contributed by atoms with Crippen molar-refractivity contribution in [3.63, 3.8) is 0 Å². The van der Waals surface area contributed by atoms with Crippen LogP contribution in [0.4, 0.5) is 0 Å². The molecule has 0 fully saturated rings. The second kappa shape index (κ2) is 6.74. The van der Waals surface area contributed by atoms with Crippen molar-refractivity contribution >= 4 is 40.4 Å². The number of carbonyl (C=O) groups excluding carboxylic acids is 1. The van der Waals surface area contributed by atoms with Crippen molar-refractivity contribution in [1.29, 1.82) is 0 Å². The third-order valence-corrected chi connectivity index (χ3v) is 4.69. The molecule has 0 bridgehead atoms. The number of rotatable bonds is 4. The van der Waals surface area contributed by atoms with Crippen molar-refractivity contribution in [2.75, 3.05) is 0 Å². The third-order valence-electron chi connectivity index (χ3n) is 3.25. The highest BCUT2D eigenvalue weighted by Crippen LogP contribution is 2.28. The van der Waals surface area contributed by atoms with Crippen molar-refractivity contribution in [3.05, 3.63) is 62.2 Å². The second-order valence-corrected chi connectivity index (χ2v) is 7.09. The molecule has 0 saturated carbocycles. The largest absolute Gasteiger partial charge is 0.356 e. The van der Waals surface area contributed by atoms with Crippen molar-refractivity contribution in [1.82, 2.24) is 15.3 Å². The summed E-state index contributed by atoms with van der Waals surface area (Å²) in [6.07, 6.45) is 1.57. The zero-order valence-corrected chi connectivity index (χ0v) is 14.5. The van der Waals surface area contributed by atoms with Gasteiger partial charge in [0.2, 0.25) is 0 Å². The maximum atomic E-state index is 12.0. The van der Waals surface area contributed by atoms with Crippen LogP contribution in [0, 0.1) is 6.92 Å². The van der Waals surface area contributed by atoms with Crippen molar-refractivity contribution < 1.29 is 4.79 Å². The number of amides is 1. The average molecular weight is 366 g/mol. The number of aryl methyl sites for hydroxylation is 1. The van der Waals surface area contributed by atoms with Crippen LogP contribution < -0.4 is 5.32 Å². The summed E-state index contributed by atoms with van der Waals surface area (Å²) in [7, 11) is 0. The number of hydrogen-bond acceptors (Lipinski definition) is 3. The van der Waals surface area contributed by atoms with E-state index in [-0.39, 0.29) is 5.91 Å². The SMILES string of the molecule is Cc1sc(CNC(=O)c2cc(Cl)c[nH]2)nc1-c1ccc(Cl)cc1. The Morgan fingerprint density at radius 2 is 2.00 bits per heavy atom. The lowest BCUT2D eigenvalue weighted by molar-refractivity contribution is 0.0946. The molecule has 4 nitrogen and oxygen atoms in total. The maximum absolute atomic E-state index is 12.0. The van der Waals surface area contributed by atoms with Gasteiger partial charge in [0.15, 0.2) is 0 Å². The molecule has 1 amide bonds. The number of hydrogen-bond donors (Lipinski definition) is 2. The number of carbonyl (C=O) groups is 1. The van der Waals surface area contributed by atoms with Crippen LogP contribution >= 0.6 is 34.5 Å². The zero-order valence-electron chi connectivity index (χ0n) is 12.2. The normalized spacial score (nSPS) is 10.7. The van der Waals surface area contributed by atoms with Gasteiger partial charge in [0.1, 0.15) is 10.7 Å². The Bertz CT molecular complexity index is 839. The molecule has 0 aliphatic rings. The van der Waals surface area contributed by atoms with Gasteiger partial charge in [-0.05, 0) is 25.1 Å². The van der Waals surface area contributed by atoms with Crippen LogP contribution in [0.5, 0.6) is 0 Å². The van der Waals surface area contributed by atoms with Gasteiger partial charge in [-0.25, -0.2) is 4.98 Å². The van der Waals surface area contributed by atoms with E-state index in [9.17, 15) is 4.79 Å². The molecule has 0 aliphatic carbocycles. The molecule has 0 unspecified atom stereocenters. The molecular weight excluding hydrogens is 353 g/mol. The number of H-pyrrole nitrogens is 1. The van der Waals surface area contributed by atoms with E-state index < -0.39 is 0 Å². The number of benzene rings is 1. The van der Waals surface area contributed by atoms with Gasteiger partial charge < -0.3 is 10.3 Å². The van der Waals surface area contributed by atoms with Crippen molar-refractivity contribution in [3.8, 4) is 11.3 Å². The summed E-state index contributed by atoms with van der Waals surface area (Å²) in [5, 5.41) is 4.87. The summed E-state index contributed by atoms with van der Waals surface area (Å²) in [5.74, 6) is -0.210. The lowest BCUT2D eigenvalue weighted by Gasteiger charge is -2.00. The minimum absolute atomic E-state index is 0.210. The Hall–Kier alpha value is -1.82. The molecule has 3 aromatic rings. The lowest BCUT2D eigenvalue weighted by atomic mass is 10.1. The smallest absolute Gasteiger partial charge is 0.268 e. The molecule has 0 spiro atoms. The van der Waals surface area contributed by atoms with Gasteiger partial charge in [-0.15, -0.1) is 11.3 Å². The molecule has 0 radical (unpaired) electrons. The number of aromatic nitrogens is 2. The van der Waals surface area contributed by atoms with Crippen LogP contribution in [-0.2, 0) is 6.54 Å². The Balaban J connectivity index is 1.71. The number of nitrogens with zero attached hydrogens (tertiary/aromatic N) is 1. The lowest BCUT2D eigenvalue weighted by Crippen LogP contribution is -2.22. The van der Waals surface area contributed by atoms with Gasteiger partial charge in [-0.2, -0.15) is 0 Å². The molecule has 0 saturated heterocycles. The zero-order chi connectivity index (χ0) is 16.4. The maximum Gasteiger partial charge on any atom is 0.268 e. The second-order valence-electron chi connectivity index (χ2n) is 4.93. The summed E-state index contributed by atoms with van der Waals surface area (Å²) in [6.45, 7) is 2.38. The quantitative estimate of drug-likeness (QED) is 0.704. The van der Waals surface area contributed by atoms with Gasteiger partial charge in [0.05, 0.1) is 17.3 Å². The van der Waals surface area contributed by atoms with Crippen molar-refractivity contribution in [2.24, 2.45) is 0 Å². The minimum atomic E-state index is -0.210. The standard InChI is InChI=1S/C16H13Cl2N3OS/c1-9-15(10-2-4-11(17)5-3-10)21-14(23-9)8-20-16(22)13-6-12(18)7-19-13/h2-7,19H,8H2,1H3,(H,20,22). The van der Waals surface area contributed by atoms with Crippen LogP contribution in [0.25, 0.3) is 11.3 Å². The van der Waals surface area contributed by atoms with Crippen LogP contribution in [0.3, 0.4) is 0 Å². The first-order chi connectivity index (χ1) is 11.0. The first-order valence-electron chi connectivity index (χ1n) is 6.87. The fraction of sp³-hybridized carbons (Fsp3) is 0.125. The van der Waals surface area contributed by atoms with E-state index in [4.69, 9.17) is 23.2 Å². The van der Waals surface area contributed by atoms with Crippen molar-refractivity contribution in [2.45, 2.75) is 13.5 Å². The molecule has 0 aliphatic heterocycles. The first kappa shape index (κ1) is 16.1. The van der Waals surface area contributed by atoms with E-state index in [1.165, 1.54) is 0 Å². The molecule has 1 aromatic carbocycles. The summed E-state index contributed by atoms with van der Waals surface area (Å²) in [6, 6.07) is 9.14. The van der Waals surface area contributed by atoms with Gasteiger partial charge in [0, 0.05) is 21.7 Å². The Labute approximate surface area is 147 Å². The highest BCUT2D eigenvalue weighted by atomic mass is 35.5. The van der Waals surface area contributed by atoms with Crippen LogP contribution in [0.15, 0.2) is 36.5 Å². The van der Waals surface area contributed by atoms with Gasteiger partial charge in [0.25, 0.3) is 5.91 Å². The van der Waals surface area contributed by atoms with E-state index in [2.05, 4.69) is 15.3 Å². The van der Waals surface area contributed by atoms with Crippen LogP contribution in [0.1, 0.15) is 20.4 Å². The summed E-state index contributed by atoms with van der Waals surface area (Å²) >= 11 is 13.3. The monoisotopic (exact) mass is 365 g/mol. The summed E-state index contributed by atoms with van der Waals surface area (Å²) in [4.78, 5) is 20.5. The Morgan fingerprint density at radius 3 is 2.65 bits per heavy atom. The summed E-state index contributed by atoms with van der Waals surface area (Å²) < 4.78 is 0. The molecule has 2 N–H and O–H groups in total. The highest BCUT2D eigenvalue weighted by molar-refractivity contribution is 7.12. The molecule has 2 aromatic heterocycles. The molecule has 0 atom stereocenters. The van der Waals surface area contributed by atoms with Crippen LogP contribution in [0.2, 0.25) is 10.0 Å². The minimum Gasteiger partial charge on any atom is -0.356 e. The number of nitrogens with one attached hydrogen (secondary N) is 2. The molecule has 3 rings (SSSR count). The van der Waals surface area contributed by atoms with E-state index in [0.29, 0.717) is 22.3 Å². The molecule has 118 valence electrons. The molecule has 23 heavy (non-hydrogen) atoms. The van der Waals surface area contributed by atoms with Crippen LogP contribution in [-0.4, -0.2) is 15.9 Å². The fourth-order valence-electron chi connectivity index (χ4n) is 2.15. The fourth-order valence-corrected chi connectivity index (χ4v) is 3.34. The number of halogens is 2. The number of aromatic amines is 1. The van der Waals surface area contributed by atoms with Gasteiger partial charge in [-0.3, -0.25) is 4.79 Å². The number of thiazole rings is 1. The summed E-state index contributed by atoms with van der Waals surface area (Å²) in [5.41, 5.74) is 2.36. The average Bonchev–Trinajstić information content (AvgIpc) is 3.12. The first-order valence-corrected chi connectivity index (χ1v) is 8.44. The van der Waals surface area contributed by atoms with E-state index in [1.807, 2.05) is 31.2 Å². The van der Waals surface area contributed by atoms with Gasteiger partial charge in [-0.1, -0.05) is 35.3 Å². The van der Waals surface area contributed by atoms with E-state index >= 15 is 0 Å². The Morgan fingerprint density at radius 1 is 1.26 bits per heavy atom. The predicted molar refractivity (Wildman–Crippen MR) is 94.3 cm³/mol. The topological polar surface area (TPSA) is 57.8 Å². The Kier molecular flexibility index (Phi) is 4.71. The molecule has 2 heterocycles. The third kappa shape index (κ3) is 3.75.